The lowest BCUT2D eigenvalue weighted by Gasteiger charge is -2.48. The van der Waals surface area contributed by atoms with E-state index in [9.17, 15) is 19.2 Å². The third-order valence-electron chi connectivity index (χ3n) is 16.9. The van der Waals surface area contributed by atoms with Crippen molar-refractivity contribution in [2.45, 2.75) is 194 Å². The van der Waals surface area contributed by atoms with E-state index in [2.05, 4.69) is 57.0 Å². The minimum atomic E-state index is -1.32. The quantitative estimate of drug-likeness (QED) is 0.0361. The first-order valence-electron chi connectivity index (χ1n) is 30.4. The Kier molecular flexibility index (Phi) is 21.6. The van der Waals surface area contributed by atoms with Gasteiger partial charge in [-0.25, -0.2) is 14.4 Å². The topological polar surface area (TPSA) is 211 Å². The van der Waals surface area contributed by atoms with Crippen molar-refractivity contribution in [2.75, 3.05) is 25.5 Å². The first-order valence-corrected chi connectivity index (χ1v) is 30.4. The molecule has 13 atom stereocenters. The third-order valence-corrected chi connectivity index (χ3v) is 16.9. The summed E-state index contributed by atoms with van der Waals surface area (Å²) in [4.78, 5) is 74.9. The Labute approximate surface area is 507 Å². The molecule has 19 heteroatoms. The summed E-state index contributed by atoms with van der Waals surface area (Å²) in [6.45, 7) is 22.7. The average molecular weight is 1180 g/mol. The summed E-state index contributed by atoms with van der Waals surface area (Å²) in [6.07, 6.45) is -1.46. The molecular formula is C67H89N7O12. The Morgan fingerprint density at radius 2 is 1.49 bits per heavy atom. The van der Waals surface area contributed by atoms with Gasteiger partial charge >= 0.3 is 24.1 Å². The molecule has 5 aromatic rings. The lowest BCUT2D eigenvalue weighted by atomic mass is 9.78. The van der Waals surface area contributed by atoms with Crippen LogP contribution in [-0.4, -0.2) is 141 Å². The van der Waals surface area contributed by atoms with Crippen molar-refractivity contribution in [1.82, 2.24) is 30.1 Å². The number of nitrogens with zero attached hydrogens (tertiary/aromatic N) is 5. The lowest BCUT2D eigenvalue weighted by Crippen LogP contribution is -2.61. The molecule has 4 heterocycles. The maximum absolute atomic E-state index is 15.2. The monoisotopic (exact) mass is 1180 g/mol. The Hall–Kier alpha value is -7.03. The van der Waals surface area contributed by atoms with Gasteiger partial charge in [0.05, 0.1) is 41.7 Å². The Balaban J connectivity index is 1.04. The zero-order valence-corrected chi connectivity index (χ0v) is 52.1. The van der Waals surface area contributed by atoms with Crippen LogP contribution in [0.1, 0.15) is 130 Å². The Bertz CT molecular complexity index is 3010. The van der Waals surface area contributed by atoms with Gasteiger partial charge in [-0.3, -0.25) is 29.4 Å². The first-order chi connectivity index (χ1) is 41.0. The van der Waals surface area contributed by atoms with Crippen molar-refractivity contribution in [2.24, 2.45) is 17.8 Å². The summed E-state index contributed by atoms with van der Waals surface area (Å²) < 4.78 is 47.2. The van der Waals surface area contributed by atoms with E-state index in [0.717, 1.165) is 16.7 Å². The van der Waals surface area contributed by atoms with Gasteiger partial charge < -0.3 is 38.5 Å². The van der Waals surface area contributed by atoms with Gasteiger partial charge in [-0.2, -0.15) is 0 Å². The molecule has 1 aromatic heterocycles. The number of cyclic esters (lactones) is 1. The van der Waals surface area contributed by atoms with E-state index < -0.39 is 95.2 Å². The molecule has 3 aliphatic heterocycles. The van der Waals surface area contributed by atoms with E-state index in [1.807, 2.05) is 95.4 Å². The molecule has 3 aliphatic rings. The second kappa shape index (κ2) is 28.7. The number of benzene rings is 4. The van der Waals surface area contributed by atoms with Crippen LogP contribution in [-0.2, 0) is 62.4 Å². The highest BCUT2D eigenvalue weighted by atomic mass is 16.7. The zero-order chi connectivity index (χ0) is 61.9. The van der Waals surface area contributed by atoms with Gasteiger partial charge in [0.1, 0.15) is 23.3 Å². The summed E-state index contributed by atoms with van der Waals surface area (Å²) in [6, 6.07) is 35.0. The summed E-state index contributed by atoms with van der Waals surface area (Å²) >= 11 is 0. The number of nitrogens with one attached hydrogen (secondary N) is 2. The Morgan fingerprint density at radius 1 is 0.849 bits per heavy atom. The molecule has 0 aliphatic carbocycles. The number of fused-ring (bicyclic) bond motifs is 1. The molecule has 3 unspecified atom stereocenters. The lowest BCUT2D eigenvalue weighted by molar-refractivity contribution is -0.296. The van der Waals surface area contributed by atoms with Gasteiger partial charge in [0.2, 0.25) is 0 Å². The van der Waals surface area contributed by atoms with Crippen LogP contribution in [0.3, 0.4) is 0 Å². The number of hydrogen-bond acceptors (Lipinski definition) is 16. The van der Waals surface area contributed by atoms with Gasteiger partial charge in [0.15, 0.2) is 23.8 Å². The fourth-order valence-electron chi connectivity index (χ4n) is 12.6. The smallest absolute Gasteiger partial charge is 0.412 e. The fourth-order valence-corrected chi connectivity index (χ4v) is 12.6. The predicted molar refractivity (Wildman–Crippen MR) is 325 cm³/mol. The van der Waals surface area contributed by atoms with Crippen LogP contribution in [0.15, 0.2) is 121 Å². The second-order valence-electron chi connectivity index (χ2n) is 25.0. The summed E-state index contributed by atoms with van der Waals surface area (Å²) in [5.74, 6) is -4.17. The number of Topliss-reactive ketones (excluding diaryl/α,β-unsaturated/α-hetero) is 1. The van der Waals surface area contributed by atoms with Crippen molar-refractivity contribution >= 4 is 35.6 Å². The number of carbonyl (C=O) groups excluding carboxylic acids is 5. The summed E-state index contributed by atoms with van der Waals surface area (Å²) in [5, 5.41) is 15.3. The molecule has 2 N–H and O–H groups in total. The number of aryl methyl sites for hydroxylation is 1. The number of ketones is 1. The van der Waals surface area contributed by atoms with E-state index in [-0.39, 0.29) is 24.5 Å². The van der Waals surface area contributed by atoms with Crippen molar-refractivity contribution in [3.05, 3.63) is 138 Å². The van der Waals surface area contributed by atoms with Crippen molar-refractivity contribution in [3.63, 3.8) is 0 Å². The van der Waals surface area contributed by atoms with Crippen LogP contribution in [0.25, 0.3) is 11.3 Å². The van der Waals surface area contributed by atoms with E-state index >= 15 is 4.79 Å². The molecule has 0 spiro atoms. The number of esters is 2. The normalized spacial score (nSPS) is 28.6. The van der Waals surface area contributed by atoms with Gasteiger partial charge in [-0.15, -0.1) is 5.10 Å². The summed E-state index contributed by atoms with van der Waals surface area (Å²) in [7, 11) is 1.59. The SMILES string of the molecule is CC[C@H]1OC(=O)[C@H](C)C(=O)[C@H](C)[C@@H](O[C@@H]2OC(C)CC(N(Cc3ccccc3)Cc3ccccc3)C2OC(=O)c2ccccc2)[C@](C)(OC)C[C@@H](C)CN[C@H](C)[C@H]2N(CCCCn3cc(-c4cccc(NC(=O)OC(C)(C)C)c4)nn3)C(=O)O[C@]12C. The minimum absolute atomic E-state index is 0.120. The highest BCUT2D eigenvalue weighted by molar-refractivity contribution is 6.00. The number of hydrogen-bond donors (Lipinski definition) is 2. The van der Waals surface area contributed by atoms with E-state index in [1.165, 1.54) is 6.92 Å². The van der Waals surface area contributed by atoms with Crippen LogP contribution >= 0.6 is 0 Å². The van der Waals surface area contributed by atoms with Crippen molar-refractivity contribution in [3.8, 4) is 11.3 Å². The minimum Gasteiger partial charge on any atom is -0.458 e. The number of unbranched alkanes of at least 4 members (excludes halogenated alkanes) is 1. The third kappa shape index (κ3) is 16.1. The number of carbonyl (C=O) groups is 5. The molecule has 86 heavy (non-hydrogen) atoms. The van der Waals surface area contributed by atoms with Crippen LogP contribution in [0, 0.1) is 17.8 Å². The molecule has 464 valence electrons. The maximum Gasteiger partial charge on any atom is 0.412 e. The van der Waals surface area contributed by atoms with Gasteiger partial charge in [0.25, 0.3) is 0 Å². The Morgan fingerprint density at radius 3 is 2.12 bits per heavy atom. The van der Waals surface area contributed by atoms with E-state index in [0.29, 0.717) is 75.4 Å². The first kappa shape index (κ1) is 65.0. The number of rotatable bonds is 18. The predicted octanol–water partition coefficient (Wildman–Crippen LogP) is 11.1. The van der Waals surface area contributed by atoms with Crippen molar-refractivity contribution in [1.29, 1.82) is 0 Å². The molecule has 0 radical (unpaired) electrons. The largest absolute Gasteiger partial charge is 0.458 e. The molecule has 19 nitrogen and oxygen atoms in total. The maximum atomic E-state index is 15.2. The number of ether oxygens (including phenoxy) is 7. The van der Waals surface area contributed by atoms with Crippen LogP contribution in [0.2, 0.25) is 0 Å². The van der Waals surface area contributed by atoms with Gasteiger partial charge in [0, 0.05) is 56.5 Å². The molecule has 3 saturated heterocycles. The zero-order valence-electron chi connectivity index (χ0n) is 52.1. The van der Waals surface area contributed by atoms with Crippen LogP contribution in [0.5, 0.6) is 0 Å². The van der Waals surface area contributed by atoms with Crippen LogP contribution < -0.4 is 10.6 Å². The summed E-state index contributed by atoms with van der Waals surface area (Å²) in [5.41, 5.74) is 1.28. The molecular weight excluding hydrogens is 1090 g/mol. The molecule has 8 rings (SSSR count). The molecule has 3 fully saturated rings. The molecule has 4 aromatic carbocycles. The number of anilines is 1. The second-order valence-corrected chi connectivity index (χ2v) is 25.0. The highest BCUT2D eigenvalue weighted by Crippen LogP contribution is 2.41. The van der Waals surface area contributed by atoms with E-state index in [4.69, 9.17) is 33.2 Å². The highest BCUT2D eigenvalue weighted by Gasteiger charge is 2.59. The molecule has 0 bridgehead atoms. The van der Waals surface area contributed by atoms with E-state index in [1.54, 1.807) is 80.8 Å². The van der Waals surface area contributed by atoms with Crippen LogP contribution in [0.4, 0.5) is 15.3 Å². The van der Waals surface area contributed by atoms with Crippen molar-refractivity contribution < 1.29 is 57.1 Å². The molecule has 0 saturated carbocycles. The number of aromatic nitrogens is 3. The number of amides is 2. The van der Waals surface area contributed by atoms with Gasteiger partial charge in [-0.1, -0.05) is 117 Å². The standard InChI is InChI=1S/C67H89N7O12/c1-13-55-67(11)58(74(64(79)86-67)35-24-23-34-73-42-53(70-71-73)51-32-25-33-52(37-51)69-63(78)85-65(7,8)9)47(6)68-39-43(2)38-66(10,80-12)59(45(4)56(75)46(5)60(76)82-55)84-62-57(83-61(77)50-30-21-16-22-31-50)54(36-44(3)81-62)72(40-48-26-17-14-18-27-48)41-49-28-19-15-20-29-49/h14-22,25-33,37,42-47,54-55,57-59,62,68H,13,23-24,34-36,38-41H2,1-12H3,(H,69,78)/t43-,44?,45+,46-,47-,54?,55-,57?,58-,59-,62+,66-,67-/m1/s1. The number of methoxy groups -OCH3 is 1. The van der Waals surface area contributed by atoms with Gasteiger partial charge in [-0.05, 0) is 135 Å². The fraction of sp³-hybridized carbons (Fsp3) is 0.537. The molecule has 2 amide bonds. The average Bonchev–Trinajstić information content (AvgIpc) is 1.68.